The first-order valence-corrected chi connectivity index (χ1v) is 11.9. The van der Waals surface area contributed by atoms with Crippen molar-refractivity contribution in [3.05, 3.63) is 53.6 Å². The summed E-state index contributed by atoms with van der Waals surface area (Å²) in [5.41, 5.74) is 0.689. The van der Waals surface area contributed by atoms with E-state index in [1.165, 1.54) is 16.7 Å². The van der Waals surface area contributed by atoms with Gasteiger partial charge < -0.3 is 19.8 Å². The zero-order valence-corrected chi connectivity index (χ0v) is 19.1. The number of carbonyl (C=O) groups excluding carboxylic acids is 3. The SMILES string of the molecule is CN1CC=C[C@H]2S[C@]34C=CCN(c5ccc(Cl)cc5)C(=O)C3N(CCO)C(=O)[C@@H]4[C@H]2C1=O. The molecule has 4 aliphatic heterocycles. The molecule has 0 bridgehead atoms. The first-order valence-electron chi connectivity index (χ1n) is 10.6. The first-order chi connectivity index (χ1) is 15.4. The van der Waals surface area contributed by atoms with E-state index < -0.39 is 22.6 Å². The third-order valence-corrected chi connectivity index (χ3v) is 8.84. The van der Waals surface area contributed by atoms with Gasteiger partial charge in [0.05, 0.1) is 23.2 Å². The number of aliphatic hydroxyl groups is 1. The molecule has 5 atom stereocenters. The topological polar surface area (TPSA) is 81.2 Å². The molecule has 1 unspecified atom stereocenters. The lowest BCUT2D eigenvalue weighted by Gasteiger charge is -2.35. The molecule has 0 aliphatic carbocycles. The Kier molecular flexibility index (Phi) is 5.34. The number of rotatable bonds is 3. The van der Waals surface area contributed by atoms with Crippen molar-refractivity contribution in [3.63, 3.8) is 0 Å². The number of amides is 3. The van der Waals surface area contributed by atoms with E-state index in [0.717, 1.165) is 0 Å². The quantitative estimate of drug-likeness (QED) is 0.674. The molecule has 168 valence electrons. The van der Waals surface area contributed by atoms with Crippen molar-refractivity contribution in [1.29, 1.82) is 0 Å². The lowest BCUT2D eigenvalue weighted by atomic mass is 9.78. The van der Waals surface area contributed by atoms with Gasteiger partial charge in [0.15, 0.2) is 0 Å². The minimum Gasteiger partial charge on any atom is -0.395 e. The summed E-state index contributed by atoms with van der Waals surface area (Å²) in [7, 11) is 1.74. The predicted octanol–water partition coefficient (Wildman–Crippen LogP) is 1.56. The lowest BCUT2D eigenvalue weighted by Crippen LogP contribution is -2.53. The number of thioether (sulfide) groups is 1. The number of benzene rings is 1. The van der Waals surface area contributed by atoms with E-state index in [9.17, 15) is 19.5 Å². The molecule has 0 aromatic heterocycles. The monoisotopic (exact) mass is 473 g/mol. The molecule has 2 saturated heterocycles. The summed E-state index contributed by atoms with van der Waals surface area (Å²) in [5.74, 6) is -1.72. The van der Waals surface area contributed by atoms with Gasteiger partial charge >= 0.3 is 0 Å². The van der Waals surface area contributed by atoms with Gasteiger partial charge in [-0.25, -0.2) is 0 Å². The number of likely N-dealkylation sites (N-methyl/N-ethyl adjacent to an activating group) is 1. The van der Waals surface area contributed by atoms with Crippen LogP contribution < -0.4 is 4.90 Å². The van der Waals surface area contributed by atoms with Crippen molar-refractivity contribution in [1.82, 2.24) is 9.80 Å². The standard InChI is InChI=1S/C23H24ClN3O4S/c1-25-10-2-4-16-17(20(25)29)18-21(30)27(12-13-28)19-22(31)26(11-3-9-23(18,19)32-16)15-7-5-14(24)6-8-15/h2-9,16-19,28H,10-13H2,1H3/t16-,17+,18+,19?,23+/m1/s1. The zero-order valence-electron chi connectivity index (χ0n) is 17.6. The second-order valence-electron chi connectivity index (χ2n) is 8.57. The smallest absolute Gasteiger partial charge is 0.251 e. The van der Waals surface area contributed by atoms with Crippen LogP contribution in [0, 0.1) is 11.8 Å². The van der Waals surface area contributed by atoms with Gasteiger partial charge in [-0.2, -0.15) is 0 Å². The van der Waals surface area contributed by atoms with Crippen LogP contribution in [0.3, 0.4) is 0 Å². The maximum Gasteiger partial charge on any atom is 0.251 e. The van der Waals surface area contributed by atoms with Gasteiger partial charge in [0.1, 0.15) is 6.04 Å². The second kappa shape index (κ2) is 7.93. The molecule has 2 fully saturated rings. The van der Waals surface area contributed by atoms with Crippen molar-refractivity contribution in [2.75, 3.05) is 38.2 Å². The van der Waals surface area contributed by atoms with Gasteiger partial charge in [-0.1, -0.05) is 35.9 Å². The number of aliphatic hydroxyl groups excluding tert-OH is 1. The van der Waals surface area contributed by atoms with Gasteiger partial charge in [-0.3, -0.25) is 14.4 Å². The van der Waals surface area contributed by atoms with E-state index in [4.69, 9.17) is 11.6 Å². The molecule has 4 heterocycles. The number of hydrogen-bond acceptors (Lipinski definition) is 5. The van der Waals surface area contributed by atoms with Crippen molar-refractivity contribution in [2.24, 2.45) is 11.8 Å². The first kappa shape index (κ1) is 21.6. The average Bonchev–Trinajstić information content (AvgIpc) is 3.09. The number of carbonyl (C=O) groups is 3. The number of nitrogens with zero attached hydrogens (tertiary/aromatic N) is 3. The van der Waals surface area contributed by atoms with Crippen molar-refractivity contribution in [3.8, 4) is 0 Å². The van der Waals surface area contributed by atoms with Crippen LogP contribution in [0.4, 0.5) is 5.69 Å². The van der Waals surface area contributed by atoms with E-state index in [0.29, 0.717) is 23.8 Å². The van der Waals surface area contributed by atoms with E-state index in [1.54, 1.807) is 41.1 Å². The van der Waals surface area contributed by atoms with E-state index in [-0.39, 0.29) is 36.1 Å². The van der Waals surface area contributed by atoms with Gasteiger partial charge in [-0.15, -0.1) is 11.8 Å². The van der Waals surface area contributed by atoms with Crippen LogP contribution in [0.1, 0.15) is 0 Å². The molecule has 1 spiro atoms. The Morgan fingerprint density at radius 3 is 2.56 bits per heavy atom. The van der Waals surface area contributed by atoms with Gasteiger partial charge in [0.25, 0.3) is 5.91 Å². The van der Waals surface area contributed by atoms with Crippen LogP contribution in [-0.2, 0) is 14.4 Å². The number of hydrogen-bond donors (Lipinski definition) is 1. The summed E-state index contributed by atoms with van der Waals surface area (Å²) >= 11 is 7.56. The minimum atomic E-state index is -0.863. The van der Waals surface area contributed by atoms with Gasteiger partial charge in [-0.05, 0) is 24.3 Å². The Labute approximate surface area is 195 Å². The van der Waals surface area contributed by atoms with Crippen LogP contribution >= 0.6 is 23.4 Å². The molecule has 5 rings (SSSR count). The molecule has 9 heteroatoms. The van der Waals surface area contributed by atoms with Crippen LogP contribution in [0.15, 0.2) is 48.6 Å². The third kappa shape index (κ3) is 3.03. The summed E-state index contributed by atoms with van der Waals surface area (Å²) in [6, 6.07) is 6.21. The lowest BCUT2D eigenvalue weighted by molar-refractivity contribution is -0.142. The highest BCUT2D eigenvalue weighted by molar-refractivity contribution is 8.02. The molecule has 1 aromatic carbocycles. The highest BCUT2D eigenvalue weighted by Crippen LogP contribution is 2.61. The van der Waals surface area contributed by atoms with Crippen LogP contribution in [0.2, 0.25) is 5.02 Å². The fourth-order valence-electron chi connectivity index (χ4n) is 5.46. The maximum atomic E-state index is 14.0. The maximum absolute atomic E-state index is 14.0. The Hall–Kier alpha value is -2.29. The molecular weight excluding hydrogens is 450 g/mol. The predicted molar refractivity (Wildman–Crippen MR) is 123 cm³/mol. The Bertz CT molecular complexity index is 1030. The third-order valence-electron chi connectivity index (χ3n) is 6.84. The largest absolute Gasteiger partial charge is 0.395 e. The van der Waals surface area contributed by atoms with Crippen molar-refractivity contribution >= 4 is 46.8 Å². The van der Waals surface area contributed by atoms with Crippen molar-refractivity contribution < 1.29 is 19.5 Å². The van der Waals surface area contributed by atoms with Crippen LogP contribution in [0.25, 0.3) is 0 Å². The number of halogens is 1. The van der Waals surface area contributed by atoms with Crippen LogP contribution in [-0.4, -0.2) is 82.0 Å². The zero-order chi connectivity index (χ0) is 22.6. The molecular formula is C23H24ClN3O4S. The summed E-state index contributed by atoms with van der Waals surface area (Å²) in [6.07, 6.45) is 7.85. The molecule has 0 saturated carbocycles. The summed E-state index contributed by atoms with van der Waals surface area (Å²) in [5, 5.41) is 10.1. The fourth-order valence-corrected chi connectivity index (χ4v) is 7.60. The molecule has 32 heavy (non-hydrogen) atoms. The van der Waals surface area contributed by atoms with E-state index in [2.05, 4.69) is 0 Å². The highest BCUT2D eigenvalue weighted by atomic mass is 35.5. The van der Waals surface area contributed by atoms with Crippen LogP contribution in [0.5, 0.6) is 0 Å². The normalized spacial score (nSPS) is 33.8. The number of β-amino-alcohol motifs (C(OH)–C–C–N with tert-alkyl or cyclic N) is 1. The molecule has 4 aliphatic rings. The minimum absolute atomic E-state index is 0.0492. The number of fused-ring (bicyclic) bond motifs is 2. The molecule has 1 N–H and O–H groups in total. The van der Waals surface area contributed by atoms with E-state index in [1.807, 2.05) is 24.3 Å². The Morgan fingerprint density at radius 2 is 1.84 bits per heavy atom. The Balaban J connectivity index is 1.61. The summed E-state index contributed by atoms with van der Waals surface area (Å²) in [4.78, 5) is 45.7. The second-order valence-corrected chi connectivity index (χ2v) is 10.5. The number of likely N-dealkylation sites (tertiary alicyclic amines) is 1. The van der Waals surface area contributed by atoms with Gasteiger partial charge in [0, 0.05) is 42.6 Å². The number of anilines is 1. The molecule has 3 amide bonds. The van der Waals surface area contributed by atoms with Crippen molar-refractivity contribution in [2.45, 2.75) is 16.0 Å². The average molecular weight is 474 g/mol. The molecule has 0 radical (unpaired) electrons. The summed E-state index contributed by atoms with van der Waals surface area (Å²) < 4.78 is -0.863. The van der Waals surface area contributed by atoms with E-state index >= 15 is 0 Å². The molecule has 7 nitrogen and oxygen atoms in total. The summed E-state index contributed by atoms with van der Waals surface area (Å²) in [6.45, 7) is 0.651. The Morgan fingerprint density at radius 1 is 1.09 bits per heavy atom. The fraction of sp³-hybridized carbons (Fsp3) is 0.435. The highest BCUT2D eigenvalue weighted by Gasteiger charge is 2.70. The van der Waals surface area contributed by atoms with Gasteiger partial charge in [0.2, 0.25) is 11.8 Å². The molecule has 1 aromatic rings.